The Bertz CT molecular complexity index is 1340. The van der Waals surface area contributed by atoms with Crippen molar-refractivity contribution in [3.8, 4) is 0 Å². The quantitative estimate of drug-likeness (QED) is 0.442. The Kier molecular flexibility index (Phi) is 5.01. The molecule has 0 radical (unpaired) electrons. The number of carbonyl (C=O) groups is 1. The van der Waals surface area contributed by atoms with Crippen molar-refractivity contribution >= 4 is 34.1 Å². The number of pyridine rings is 3. The maximum absolute atomic E-state index is 13.9. The highest BCUT2D eigenvalue weighted by Gasteiger charge is 2.31. The number of benzene rings is 1. The Balaban J connectivity index is 1.47. The highest BCUT2D eigenvalue weighted by molar-refractivity contribution is 6.12. The van der Waals surface area contributed by atoms with E-state index in [2.05, 4.69) is 27.1 Å². The molecular formula is C25H22FN5O. The number of amides is 1. The number of nitrogens with zero attached hydrogens (tertiary/aromatic N) is 5. The third-order valence-electron chi connectivity index (χ3n) is 5.82. The number of halogens is 1. The molecule has 1 aliphatic rings. The van der Waals surface area contributed by atoms with E-state index in [4.69, 9.17) is 0 Å². The fourth-order valence-corrected chi connectivity index (χ4v) is 4.12. The molecule has 0 bridgehead atoms. The fourth-order valence-electron chi connectivity index (χ4n) is 4.12. The monoisotopic (exact) mass is 427 g/mol. The maximum Gasteiger partial charge on any atom is 0.261 e. The first kappa shape index (κ1) is 20.1. The molecule has 5 rings (SSSR count). The van der Waals surface area contributed by atoms with Gasteiger partial charge in [0.2, 0.25) is 5.95 Å². The molecule has 0 fully saturated rings. The lowest BCUT2D eigenvalue weighted by Gasteiger charge is -2.22. The third-order valence-corrected chi connectivity index (χ3v) is 5.82. The van der Waals surface area contributed by atoms with Crippen molar-refractivity contribution in [2.45, 2.75) is 19.8 Å². The van der Waals surface area contributed by atoms with Crippen LogP contribution in [0.4, 0.5) is 21.7 Å². The smallest absolute Gasteiger partial charge is 0.261 e. The second-order valence-corrected chi connectivity index (χ2v) is 7.84. The average molecular weight is 427 g/mol. The first-order valence-electron chi connectivity index (χ1n) is 10.6. The van der Waals surface area contributed by atoms with E-state index in [0.717, 1.165) is 34.9 Å². The molecule has 1 amide bonds. The molecule has 0 saturated heterocycles. The third kappa shape index (κ3) is 3.45. The molecule has 1 aromatic carbocycles. The van der Waals surface area contributed by atoms with Gasteiger partial charge in [-0.3, -0.25) is 9.78 Å². The predicted octanol–water partition coefficient (Wildman–Crippen LogP) is 4.70. The zero-order valence-corrected chi connectivity index (χ0v) is 17.9. The maximum atomic E-state index is 13.9. The molecule has 0 saturated carbocycles. The largest absolute Gasteiger partial charge is 0.309 e. The molecule has 0 aliphatic carbocycles. The minimum Gasteiger partial charge on any atom is -0.309 e. The minimum absolute atomic E-state index is 0.188. The number of fused-ring (bicyclic) bond motifs is 3. The van der Waals surface area contributed by atoms with Gasteiger partial charge < -0.3 is 9.80 Å². The van der Waals surface area contributed by atoms with Gasteiger partial charge in [-0.25, -0.2) is 4.98 Å². The molecule has 3 aromatic heterocycles. The summed E-state index contributed by atoms with van der Waals surface area (Å²) in [6.45, 7) is 2.44. The second kappa shape index (κ2) is 8.00. The van der Waals surface area contributed by atoms with Crippen LogP contribution in [0.15, 0.2) is 60.9 Å². The minimum atomic E-state index is -0.591. The molecule has 0 unspecified atom stereocenters. The molecule has 1 aliphatic heterocycles. The van der Waals surface area contributed by atoms with Crippen LogP contribution in [0.3, 0.4) is 0 Å². The van der Waals surface area contributed by atoms with Gasteiger partial charge in [-0.05, 0) is 61.2 Å². The van der Waals surface area contributed by atoms with Gasteiger partial charge in [-0.15, -0.1) is 0 Å². The van der Waals surface area contributed by atoms with Crippen LogP contribution in [-0.4, -0.2) is 34.5 Å². The van der Waals surface area contributed by atoms with Crippen LogP contribution in [0.25, 0.3) is 10.9 Å². The second-order valence-electron chi connectivity index (χ2n) is 7.84. The molecule has 7 heteroatoms. The Hall–Kier alpha value is -3.87. The number of aryl methyl sites for hydroxylation is 2. The number of rotatable bonds is 4. The van der Waals surface area contributed by atoms with E-state index in [1.807, 2.05) is 37.4 Å². The van der Waals surface area contributed by atoms with Crippen LogP contribution in [0, 0.1) is 5.95 Å². The normalized spacial score (nSPS) is 13.2. The molecule has 32 heavy (non-hydrogen) atoms. The van der Waals surface area contributed by atoms with E-state index in [-0.39, 0.29) is 5.91 Å². The summed E-state index contributed by atoms with van der Waals surface area (Å²) in [7, 11) is 1.68. The van der Waals surface area contributed by atoms with Crippen LogP contribution in [0.2, 0.25) is 0 Å². The molecule has 0 spiro atoms. The topological polar surface area (TPSA) is 62.2 Å². The van der Waals surface area contributed by atoms with Crippen molar-refractivity contribution < 1.29 is 9.18 Å². The van der Waals surface area contributed by atoms with E-state index >= 15 is 0 Å². The standard InChI is InChI=1S/C25H22FN5O/c1-3-31-23-19(25(32)30(2)21-10-11-22(26)29-24(21)31)13-17(15-28-23)9-8-16-12-18-6-4-5-7-20(18)27-14-16/h4-7,10-15H,3,8-9H2,1-2H3. The first-order chi connectivity index (χ1) is 15.5. The first-order valence-corrected chi connectivity index (χ1v) is 10.6. The van der Waals surface area contributed by atoms with Gasteiger partial charge in [0.05, 0.1) is 16.8 Å². The summed E-state index contributed by atoms with van der Waals surface area (Å²) in [4.78, 5) is 29.7. The molecule has 160 valence electrons. The highest BCUT2D eigenvalue weighted by atomic mass is 19.1. The number of carbonyl (C=O) groups excluding carboxylic acids is 1. The lowest BCUT2D eigenvalue weighted by molar-refractivity contribution is 0.0994. The fraction of sp³-hybridized carbons (Fsp3) is 0.200. The van der Waals surface area contributed by atoms with Gasteiger partial charge in [0.1, 0.15) is 5.82 Å². The summed E-state index contributed by atoms with van der Waals surface area (Å²) < 4.78 is 13.9. The zero-order chi connectivity index (χ0) is 22.2. The summed E-state index contributed by atoms with van der Waals surface area (Å²) in [5.41, 5.74) is 4.10. The average Bonchev–Trinajstić information content (AvgIpc) is 2.90. The summed E-state index contributed by atoms with van der Waals surface area (Å²) in [5, 5.41) is 1.11. The van der Waals surface area contributed by atoms with E-state index in [9.17, 15) is 9.18 Å². The number of hydrogen-bond acceptors (Lipinski definition) is 5. The van der Waals surface area contributed by atoms with E-state index in [0.29, 0.717) is 29.4 Å². The number of aromatic nitrogens is 3. The molecular weight excluding hydrogens is 405 g/mol. The van der Waals surface area contributed by atoms with Crippen molar-refractivity contribution in [1.29, 1.82) is 0 Å². The van der Waals surface area contributed by atoms with E-state index < -0.39 is 5.95 Å². The molecule has 6 nitrogen and oxygen atoms in total. The van der Waals surface area contributed by atoms with Crippen molar-refractivity contribution in [1.82, 2.24) is 15.0 Å². The lowest BCUT2D eigenvalue weighted by Crippen LogP contribution is -2.25. The van der Waals surface area contributed by atoms with Crippen molar-refractivity contribution in [3.63, 3.8) is 0 Å². The zero-order valence-electron chi connectivity index (χ0n) is 17.9. The Morgan fingerprint density at radius 3 is 2.50 bits per heavy atom. The predicted molar refractivity (Wildman–Crippen MR) is 123 cm³/mol. The van der Waals surface area contributed by atoms with Gasteiger partial charge in [0, 0.05) is 31.4 Å². The van der Waals surface area contributed by atoms with Crippen LogP contribution in [0.1, 0.15) is 28.4 Å². The number of anilines is 3. The van der Waals surface area contributed by atoms with Crippen LogP contribution in [0.5, 0.6) is 0 Å². The Morgan fingerprint density at radius 2 is 1.69 bits per heavy atom. The van der Waals surface area contributed by atoms with Crippen LogP contribution >= 0.6 is 0 Å². The van der Waals surface area contributed by atoms with E-state index in [1.165, 1.54) is 11.0 Å². The highest BCUT2D eigenvalue weighted by Crippen LogP contribution is 2.37. The van der Waals surface area contributed by atoms with Gasteiger partial charge in [0.15, 0.2) is 5.82 Å². The van der Waals surface area contributed by atoms with Crippen molar-refractivity contribution in [3.05, 3.63) is 83.6 Å². The van der Waals surface area contributed by atoms with Crippen molar-refractivity contribution in [2.75, 3.05) is 23.4 Å². The number of hydrogen-bond donors (Lipinski definition) is 0. The number of para-hydroxylation sites is 1. The lowest BCUT2D eigenvalue weighted by atomic mass is 10.0. The van der Waals surface area contributed by atoms with Crippen LogP contribution in [-0.2, 0) is 12.8 Å². The Labute approximate surface area is 185 Å². The summed E-state index contributed by atoms with van der Waals surface area (Å²) in [6.07, 6.45) is 5.19. The summed E-state index contributed by atoms with van der Waals surface area (Å²) in [6, 6.07) is 14.9. The summed E-state index contributed by atoms with van der Waals surface area (Å²) in [5.74, 6) is 0.112. The molecule has 0 N–H and O–H groups in total. The van der Waals surface area contributed by atoms with Gasteiger partial charge in [0.25, 0.3) is 5.91 Å². The van der Waals surface area contributed by atoms with Gasteiger partial charge >= 0.3 is 0 Å². The van der Waals surface area contributed by atoms with Crippen molar-refractivity contribution in [2.24, 2.45) is 0 Å². The molecule has 4 heterocycles. The SMILES string of the molecule is CCN1c2ncc(CCc3cnc4ccccc4c3)cc2C(=O)N(C)c2ccc(F)nc21. The molecule has 4 aromatic rings. The van der Waals surface area contributed by atoms with Gasteiger partial charge in [-0.1, -0.05) is 18.2 Å². The molecule has 0 atom stereocenters. The van der Waals surface area contributed by atoms with E-state index in [1.54, 1.807) is 24.2 Å². The van der Waals surface area contributed by atoms with Crippen LogP contribution < -0.4 is 9.80 Å². The summed E-state index contributed by atoms with van der Waals surface area (Å²) >= 11 is 0. The Morgan fingerprint density at radius 1 is 0.938 bits per heavy atom. The van der Waals surface area contributed by atoms with Gasteiger partial charge in [-0.2, -0.15) is 9.37 Å².